The highest BCUT2D eigenvalue weighted by Crippen LogP contribution is 2.35. The van der Waals surface area contributed by atoms with Gasteiger partial charge in [-0.1, -0.05) is 54.6 Å². The van der Waals surface area contributed by atoms with Crippen LogP contribution < -0.4 is 0 Å². The quantitative estimate of drug-likeness (QED) is 0.395. The lowest BCUT2D eigenvalue weighted by molar-refractivity contribution is 0.667. The number of nitrogens with zero attached hydrogens (tertiary/aromatic N) is 2. The van der Waals surface area contributed by atoms with Gasteiger partial charge in [0.1, 0.15) is 16.8 Å². The third-order valence-electron chi connectivity index (χ3n) is 4.37. The molecule has 0 N–H and O–H groups in total. The van der Waals surface area contributed by atoms with E-state index in [1.165, 1.54) is 0 Å². The van der Waals surface area contributed by atoms with E-state index in [-0.39, 0.29) is 0 Å². The van der Waals surface area contributed by atoms with E-state index in [2.05, 4.69) is 12.6 Å². The Kier molecular flexibility index (Phi) is 3.50. The monoisotopic (exact) mass is 354 g/mol. The van der Waals surface area contributed by atoms with Gasteiger partial charge in [0.25, 0.3) is 0 Å². The highest BCUT2D eigenvalue weighted by molar-refractivity contribution is 7.80. The van der Waals surface area contributed by atoms with Crippen LogP contribution in [0.5, 0.6) is 0 Å². The molecular weight excluding hydrogens is 340 g/mol. The molecule has 3 nitrogen and oxygen atoms in total. The fourth-order valence-electron chi connectivity index (χ4n) is 3.16. The number of rotatable bonds is 2. The molecule has 0 saturated heterocycles. The summed E-state index contributed by atoms with van der Waals surface area (Å²) in [5.41, 5.74) is 5.08. The van der Waals surface area contributed by atoms with Crippen LogP contribution in [0.4, 0.5) is 0 Å². The van der Waals surface area contributed by atoms with Crippen molar-refractivity contribution in [3.05, 3.63) is 78.9 Å². The topological polar surface area (TPSA) is 38.9 Å². The van der Waals surface area contributed by atoms with E-state index in [1.807, 2.05) is 78.9 Å². The summed E-state index contributed by atoms with van der Waals surface area (Å²) in [7, 11) is 0. The molecule has 0 bridgehead atoms. The van der Waals surface area contributed by atoms with Crippen LogP contribution in [0.15, 0.2) is 88.2 Å². The molecule has 5 rings (SSSR count). The minimum absolute atomic E-state index is 0.666. The van der Waals surface area contributed by atoms with Gasteiger partial charge >= 0.3 is 0 Å². The second-order valence-corrected chi connectivity index (χ2v) is 6.60. The number of hydrogen-bond donors (Lipinski definition) is 1. The van der Waals surface area contributed by atoms with Crippen LogP contribution in [0.3, 0.4) is 0 Å². The van der Waals surface area contributed by atoms with E-state index in [0.29, 0.717) is 11.4 Å². The predicted octanol–water partition coefficient (Wildman–Crippen LogP) is 6.00. The summed E-state index contributed by atoms with van der Waals surface area (Å²) < 4.78 is 6.11. The van der Waals surface area contributed by atoms with Crippen molar-refractivity contribution in [1.29, 1.82) is 0 Å². The molecule has 0 saturated carbocycles. The summed E-state index contributed by atoms with van der Waals surface area (Å²) in [4.78, 5) is 10.5. The van der Waals surface area contributed by atoms with Gasteiger partial charge in [0, 0.05) is 21.4 Å². The molecule has 2 heterocycles. The Morgan fingerprint density at radius 3 is 2.35 bits per heavy atom. The van der Waals surface area contributed by atoms with E-state index < -0.39 is 0 Å². The molecule has 0 unspecified atom stereocenters. The van der Waals surface area contributed by atoms with Gasteiger partial charge in [0.2, 0.25) is 0 Å². The lowest BCUT2D eigenvalue weighted by atomic mass is 10.1. The fraction of sp³-hybridized carbons (Fsp3) is 0. The molecule has 0 aliphatic carbocycles. The molecule has 2 aromatic heterocycles. The molecule has 26 heavy (non-hydrogen) atoms. The molecular formula is C22H14N2OS. The lowest BCUT2D eigenvalue weighted by Gasteiger charge is -2.06. The van der Waals surface area contributed by atoms with Crippen LogP contribution in [0.25, 0.3) is 44.7 Å². The molecule has 0 amide bonds. The first-order valence-electron chi connectivity index (χ1n) is 8.34. The second kappa shape index (κ2) is 6.00. The Labute approximate surface area is 155 Å². The maximum absolute atomic E-state index is 6.11. The Bertz CT molecular complexity index is 1250. The molecule has 124 valence electrons. The van der Waals surface area contributed by atoms with Crippen molar-refractivity contribution in [2.24, 2.45) is 0 Å². The summed E-state index contributed by atoms with van der Waals surface area (Å²) in [5, 5.41) is 0.991. The van der Waals surface area contributed by atoms with Gasteiger partial charge in [-0.05, 0) is 24.3 Å². The summed E-state index contributed by atoms with van der Waals surface area (Å²) >= 11 is 4.45. The van der Waals surface area contributed by atoms with Crippen LogP contribution in [0.2, 0.25) is 0 Å². The van der Waals surface area contributed by atoms with Crippen LogP contribution >= 0.6 is 12.6 Å². The zero-order valence-corrected chi connectivity index (χ0v) is 14.6. The third kappa shape index (κ3) is 2.47. The molecule has 3 aromatic carbocycles. The summed E-state index contributed by atoms with van der Waals surface area (Å²) in [6, 6.07) is 25.9. The maximum Gasteiger partial charge on any atom is 0.180 e. The number of para-hydroxylation sites is 1. The van der Waals surface area contributed by atoms with E-state index >= 15 is 0 Å². The molecule has 0 aliphatic heterocycles. The van der Waals surface area contributed by atoms with Crippen LogP contribution in [0.1, 0.15) is 0 Å². The number of aromatic nitrogens is 2. The first-order chi connectivity index (χ1) is 12.8. The molecule has 4 heteroatoms. The average Bonchev–Trinajstić information content (AvgIpc) is 3.06. The Balaban J connectivity index is 1.89. The number of furan rings is 1. The lowest BCUT2D eigenvalue weighted by Crippen LogP contribution is -1.93. The van der Waals surface area contributed by atoms with Gasteiger partial charge in [-0.3, -0.25) is 0 Å². The molecule has 0 atom stereocenters. The number of thiol groups is 1. The van der Waals surface area contributed by atoms with Crippen molar-refractivity contribution >= 4 is 34.7 Å². The number of fused-ring (bicyclic) bond motifs is 3. The van der Waals surface area contributed by atoms with Gasteiger partial charge in [-0.15, -0.1) is 12.6 Å². The zero-order chi connectivity index (χ0) is 17.5. The van der Waals surface area contributed by atoms with Gasteiger partial charge in [0.05, 0.1) is 0 Å². The summed E-state index contributed by atoms with van der Waals surface area (Å²) in [6.07, 6.45) is 0. The van der Waals surface area contributed by atoms with Gasteiger partial charge in [-0.25, -0.2) is 9.97 Å². The Morgan fingerprint density at radius 2 is 1.50 bits per heavy atom. The van der Waals surface area contributed by atoms with E-state index in [9.17, 15) is 0 Å². The Hall–Kier alpha value is -3.11. The molecule has 0 fully saturated rings. The Morgan fingerprint density at radius 1 is 0.731 bits per heavy atom. The summed E-state index contributed by atoms with van der Waals surface area (Å²) in [6.45, 7) is 0. The summed E-state index contributed by atoms with van der Waals surface area (Å²) in [5.74, 6) is 0.666. The van der Waals surface area contributed by atoms with Crippen molar-refractivity contribution in [3.8, 4) is 22.6 Å². The van der Waals surface area contributed by atoms with Crippen molar-refractivity contribution in [1.82, 2.24) is 9.97 Å². The second-order valence-electron chi connectivity index (χ2n) is 6.09. The minimum Gasteiger partial charge on any atom is -0.452 e. The van der Waals surface area contributed by atoms with Crippen LogP contribution in [-0.2, 0) is 0 Å². The predicted molar refractivity (Wildman–Crippen MR) is 107 cm³/mol. The van der Waals surface area contributed by atoms with Crippen LogP contribution in [0, 0.1) is 0 Å². The number of hydrogen-bond acceptors (Lipinski definition) is 4. The first kappa shape index (κ1) is 15.2. The molecule has 0 radical (unpaired) electrons. The maximum atomic E-state index is 6.11. The largest absolute Gasteiger partial charge is 0.452 e. The molecule has 0 spiro atoms. The average molecular weight is 354 g/mol. The van der Waals surface area contributed by atoms with Crippen LogP contribution in [-0.4, -0.2) is 9.97 Å². The van der Waals surface area contributed by atoms with Gasteiger partial charge in [-0.2, -0.15) is 0 Å². The van der Waals surface area contributed by atoms with Gasteiger partial charge < -0.3 is 4.42 Å². The zero-order valence-electron chi connectivity index (χ0n) is 13.8. The van der Waals surface area contributed by atoms with Gasteiger partial charge in [0.15, 0.2) is 11.4 Å². The van der Waals surface area contributed by atoms with E-state index in [4.69, 9.17) is 14.4 Å². The molecule has 5 aromatic rings. The number of benzene rings is 3. The highest BCUT2D eigenvalue weighted by Gasteiger charge is 2.17. The highest BCUT2D eigenvalue weighted by atomic mass is 32.1. The van der Waals surface area contributed by atoms with Crippen molar-refractivity contribution in [2.75, 3.05) is 0 Å². The standard InChI is InChI=1S/C22H14N2OS/c26-16-10-6-9-15(13-16)22-23-19(14-7-2-1-3-8-14)21-20(24-22)17-11-4-5-12-18(17)25-21/h1-13,26H. The van der Waals surface area contributed by atoms with Crippen molar-refractivity contribution in [3.63, 3.8) is 0 Å². The minimum atomic E-state index is 0.666. The normalized spacial score (nSPS) is 11.3. The fourth-order valence-corrected chi connectivity index (χ4v) is 3.38. The smallest absolute Gasteiger partial charge is 0.180 e. The van der Waals surface area contributed by atoms with E-state index in [1.54, 1.807) is 0 Å². The first-order valence-corrected chi connectivity index (χ1v) is 8.78. The van der Waals surface area contributed by atoms with Crippen molar-refractivity contribution in [2.45, 2.75) is 4.90 Å². The third-order valence-corrected chi connectivity index (χ3v) is 4.65. The van der Waals surface area contributed by atoms with Crippen molar-refractivity contribution < 1.29 is 4.42 Å². The molecule has 0 aliphatic rings. The van der Waals surface area contributed by atoms with E-state index in [0.717, 1.165) is 38.2 Å². The SMILES string of the molecule is Sc1cccc(-c2nc(-c3ccccc3)c3oc4ccccc4c3n2)c1.